The molecule has 1 aromatic carbocycles. The van der Waals surface area contributed by atoms with Gasteiger partial charge < -0.3 is 15.0 Å². The van der Waals surface area contributed by atoms with Crippen molar-refractivity contribution < 1.29 is 23.1 Å². The van der Waals surface area contributed by atoms with E-state index < -0.39 is 29.7 Å². The molecule has 5 nitrogen and oxygen atoms in total. The predicted octanol–water partition coefficient (Wildman–Crippen LogP) is 2.50. The van der Waals surface area contributed by atoms with Gasteiger partial charge in [0.05, 0.1) is 18.2 Å². The zero-order chi connectivity index (χ0) is 16.4. The second kappa shape index (κ2) is 6.13. The molecule has 0 saturated heterocycles. The van der Waals surface area contributed by atoms with Crippen LogP contribution in [0.2, 0.25) is 0 Å². The molecule has 1 aliphatic rings. The van der Waals surface area contributed by atoms with Crippen molar-refractivity contribution in [2.75, 3.05) is 13.7 Å². The molecule has 0 radical (unpaired) electrons. The SMILES string of the molecule is CCOC(=O)C1=C(C)N(C)C(=O)NC1c1ccc(F)c(F)c1. The monoisotopic (exact) mass is 310 g/mol. The minimum absolute atomic E-state index is 0.164. The number of halogens is 2. The Hall–Kier alpha value is -2.44. The van der Waals surface area contributed by atoms with Crippen LogP contribution in [0.15, 0.2) is 29.5 Å². The molecule has 7 heteroatoms. The number of urea groups is 1. The maximum Gasteiger partial charge on any atom is 0.338 e. The van der Waals surface area contributed by atoms with Gasteiger partial charge in [-0.2, -0.15) is 0 Å². The third-order valence-corrected chi connectivity index (χ3v) is 3.53. The van der Waals surface area contributed by atoms with Crippen LogP contribution in [0.3, 0.4) is 0 Å². The molecular weight excluding hydrogens is 294 g/mol. The van der Waals surface area contributed by atoms with Crippen LogP contribution in [-0.4, -0.2) is 30.6 Å². The Morgan fingerprint density at radius 2 is 2.05 bits per heavy atom. The summed E-state index contributed by atoms with van der Waals surface area (Å²) in [6.45, 7) is 3.42. The first-order valence-corrected chi connectivity index (χ1v) is 6.73. The van der Waals surface area contributed by atoms with Crippen LogP contribution in [0.5, 0.6) is 0 Å². The Kier molecular flexibility index (Phi) is 4.44. The van der Waals surface area contributed by atoms with Crippen molar-refractivity contribution in [3.05, 3.63) is 46.7 Å². The smallest absolute Gasteiger partial charge is 0.338 e. The van der Waals surface area contributed by atoms with Gasteiger partial charge in [0.2, 0.25) is 0 Å². The molecular formula is C15H16F2N2O3. The maximum atomic E-state index is 13.5. The molecule has 0 aromatic heterocycles. The highest BCUT2D eigenvalue weighted by Gasteiger charge is 2.35. The fourth-order valence-corrected chi connectivity index (χ4v) is 2.25. The van der Waals surface area contributed by atoms with E-state index in [0.717, 1.165) is 12.1 Å². The minimum Gasteiger partial charge on any atom is -0.463 e. The van der Waals surface area contributed by atoms with E-state index in [9.17, 15) is 18.4 Å². The number of nitrogens with zero attached hydrogens (tertiary/aromatic N) is 1. The Balaban J connectivity index is 2.53. The van der Waals surface area contributed by atoms with Gasteiger partial charge >= 0.3 is 12.0 Å². The minimum atomic E-state index is -1.05. The second-order valence-electron chi connectivity index (χ2n) is 4.83. The van der Waals surface area contributed by atoms with Gasteiger partial charge in [-0.3, -0.25) is 0 Å². The van der Waals surface area contributed by atoms with E-state index in [1.807, 2.05) is 0 Å². The number of benzene rings is 1. The van der Waals surface area contributed by atoms with Gasteiger partial charge in [0.25, 0.3) is 0 Å². The summed E-state index contributed by atoms with van der Waals surface area (Å²) >= 11 is 0. The van der Waals surface area contributed by atoms with Gasteiger partial charge in [0, 0.05) is 12.7 Å². The van der Waals surface area contributed by atoms with Crippen LogP contribution in [0.25, 0.3) is 0 Å². The molecule has 118 valence electrons. The van der Waals surface area contributed by atoms with Crippen molar-refractivity contribution in [1.82, 2.24) is 10.2 Å². The van der Waals surface area contributed by atoms with Gasteiger partial charge in [0.1, 0.15) is 0 Å². The molecule has 1 aliphatic heterocycles. The highest BCUT2D eigenvalue weighted by Crippen LogP contribution is 2.31. The molecule has 1 aromatic rings. The first-order chi connectivity index (χ1) is 10.4. The number of carbonyl (C=O) groups is 2. The quantitative estimate of drug-likeness (QED) is 0.873. The standard InChI is InChI=1S/C15H16F2N2O3/c1-4-22-14(20)12-8(2)19(3)15(21)18-13(12)9-5-6-10(16)11(17)7-9/h5-7,13H,4H2,1-3H3,(H,18,21). The maximum absolute atomic E-state index is 13.5. The first-order valence-electron chi connectivity index (χ1n) is 6.73. The van der Waals surface area contributed by atoms with Gasteiger partial charge in [-0.05, 0) is 31.5 Å². The van der Waals surface area contributed by atoms with Crippen molar-refractivity contribution in [2.24, 2.45) is 0 Å². The largest absolute Gasteiger partial charge is 0.463 e. The third kappa shape index (κ3) is 2.79. The van der Waals surface area contributed by atoms with Crippen molar-refractivity contribution in [3.8, 4) is 0 Å². The molecule has 0 aliphatic carbocycles. The topological polar surface area (TPSA) is 58.6 Å². The first kappa shape index (κ1) is 15.9. The lowest BCUT2D eigenvalue weighted by Gasteiger charge is -2.33. The summed E-state index contributed by atoms with van der Waals surface area (Å²) in [5, 5.41) is 2.59. The van der Waals surface area contributed by atoms with Crippen LogP contribution in [0, 0.1) is 11.6 Å². The highest BCUT2D eigenvalue weighted by atomic mass is 19.2. The predicted molar refractivity (Wildman–Crippen MR) is 74.7 cm³/mol. The molecule has 0 fully saturated rings. The van der Waals surface area contributed by atoms with E-state index in [-0.39, 0.29) is 17.7 Å². The number of nitrogens with one attached hydrogen (secondary N) is 1. The van der Waals surface area contributed by atoms with E-state index in [1.165, 1.54) is 18.0 Å². The number of hydrogen-bond acceptors (Lipinski definition) is 3. The van der Waals surface area contributed by atoms with Crippen molar-refractivity contribution >= 4 is 12.0 Å². The summed E-state index contributed by atoms with van der Waals surface area (Å²) < 4.78 is 31.5. The fourth-order valence-electron chi connectivity index (χ4n) is 2.25. The van der Waals surface area contributed by atoms with Crippen LogP contribution in [0.1, 0.15) is 25.5 Å². The molecule has 0 saturated carbocycles. The van der Waals surface area contributed by atoms with Crippen LogP contribution >= 0.6 is 0 Å². The molecule has 0 bridgehead atoms. The number of amides is 2. The van der Waals surface area contributed by atoms with E-state index in [0.29, 0.717) is 5.70 Å². The fraction of sp³-hybridized carbons (Fsp3) is 0.333. The Morgan fingerprint density at radius 1 is 1.36 bits per heavy atom. The van der Waals surface area contributed by atoms with Crippen molar-refractivity contribution in [3.63, 3.8) is 0 Å². The lowest BCUT2D eigenvalue weighted by Crippen LogP contribution is -2.46. The Bertz CT molecular complexity index is 658. The van der Waals surface area contributed by atoms with Crippen LogP contribution < -0.4 is 5.32 Å². The molecule has 0 spiro atoms. The number of allylic oxidation sites excluding steroid dienone is 1. The lowest BCUT2D eigenvalue weighted by atomic mass is 9.95. The summed E-state index contributed by atoms with van der Waals surface area (Å²) in [6.07, 6.45) is 0. The van der Waals surface area contributed by atoms with Gasteiger partial charge in [-0.15, -0.1) is 0 Å². The van der Waals surface area contributed by atoms with Gasteiger partial charge in [0.15, 0.2) is 11.6 Å². The Labute approximate surface area is 126 Å². The number of rotatable bonds is 3. The number of esters is 1. The summed E-state index contributed by atoms with van der Waals surface area (Å²) in [7, 11) is 1.51. The number of ether oxygens (including phenoxy) is 1. The summed E-state index contributed by atoms with van der Waals surface area (Å²) in [4.78, 5) is 25.4. The molecule has 22 heavy (non-hydrogen) atoms. The number of carbonyl (C=O) groups excluding carboxylic acids is 2. The summed E-state index contributed by atoms with van der Waals surface area (Å²) in [5.41, 5.74) is 0.856. The van der Waals surface area contributed by atoms with Crippen LogP contribution in [-0.2, 0) is 9.53 Å². The average molecular weight is 310 g/mol. The lowest BCUT2D eigenvalue weighted by molar-refractivity contribution is -0.139. The number of hydrogen-bond donors (Lipinski definition) is 1. The van der Waals surface area contributed by atoms with E-state index in [1.54, 1.807) is 13.8 Å². The molecule has 1 unspecified atom stereocenters. The summed E-state index contributed by atoms with van der Waals surface area (Å²) in [6, 6.07) is 1.89. The molecule has 1 N–H and O–H groups in total. The normalized spacial score (nSPS) is 18.3. The zero-order valence-corrected chi connectivity index (χ0v) is 12.4. The zero-order valence-electron chi connectivity index (χ0n) is 12.4. The molecule has 2 amide bonds. The van der Waals surface area contributed by atoms with E-state index in [2.05, 4.69) is 5.32 Å². The van der Waals surface area contributed by atoms with E-state index in [4.69, 9.17) is 4.74 Å². The summed E-state index contributed by atoms with van der Waals surface area (Å²) in [5.74, 6) is -2.66. The van der Waals surface area contributed by atoms with E-state index >= 15 is 0 Å². The Morgan fingerprint density at radius 3 is 2.64 bits per heavy atom. The average Bonchev–Trinajstić information content (AvgIpc) is 2.47. The van der Waals surface area contributed by atoms with Gasteiger partial charge in [-0.25, -0.2) is 18.4 Å². The molecule has 1 atom stereocenters. The van der Waals surface area contributed by atoms with Gasteiger partial charge in [-0.1, -0.05) is 6.07 Å². The van der Waals surface area contributed by atoms with Crippen molar-refractivity contribution in [1.29, 1.82) is 0 Å². The molecule has 2 rings (SSSR count). The third-order valence-electron chi connectivity index (χ3n) is 3.53. The van der Waals surface area contributed by atoms with Crippen molar-refractivity contribution in [2.45, 2.75) is 19.9 Å². The second-order valence-corrected chi connectivity index (χ2v) is 4.83. The highest BCUT2D eigenvalue weighted by molar-refractivity contribution is 5.94. The van der Waals surface area contributed by atoms with Crippen LogP contribution in [0.4, 0.5) is 13.6 Å². The molecule has 1 heterocycles.